The fourth-order valence-electron chi connectivity index (χ4n) is 2.29. The molecule has 1 aliphatic rings. The molecule has 0 unspecified atom stereocenters. The maximum Gasteiger partial charge on any atom is 0.223 e. The molecule has 0 aliphatic heterocycles. The molecule has 0 saturated heterocycles. The van der Waals surface area contributed by atoms with Crippen LogP contribution in [0, 0.1) is 5.92 Å². The summed E-state index contributed by atoms with van der Waals surface area (Å²) in [5.41, 5.74) is 0.976. The van der Waals surface area contributed by atoms with Crippen molar-refractivity contribution in [1.82, 2.24) is 9.97 Å². The first-order valence-electron chi connectivity index (χ1n) is 5.90. The molecule has 2 aromatic rings. The van der Waals surface area contributed by atoms with Crippen LogP contribution in [0.5, 0.6) is 0 Å². The van der Waals surface area contributed by atoms with Gasteiger partial charge >= 0.3 is 0 Å². The Hall–Kier alpha value is -1.16. The summed E-state index contributed by atoms with van der Waals surface area (Å²) in [4.78, 5) is 8.89. The number of anilines is 1. The number of nitrogens with zero attached hydrogens (tertiary/aromatic N) is 2. The molecule has 1 heterocycles. The van der Waals surface area contributed by atoms with Crippen LogP contribution in [0.15, 0.2) is 28.9 Å². The zero-order valence-corrected chi connectivity index (χ0v) is 11.2. The van der Waals surface area contributed by atoms with Crippen molar-refractivity contribution in [3.63, 3.8) is 0 Å². The molecule has 88 valence electrons. The smallest absolute Gasteiger partial charge is 0.223 e. The Morgan fingerprint density at radius 2 is 2.18 bits per heavy atom. The summed E-state index contributed by atoms with van der Waals surface area (Å²) in [7, 11) is 0. The van der Waals surface area contributed by atoms with Gasteiger partial charge in [0.1, 0.15) is 0 Å². The molecular weight excluding hydrogens is 278 g/mol. The number of benzene rings is 1. The second kappa shape index (κ2) is 4.26. The van der Waals surface area contributed by atoms with E-state index in [1.165, 1.54) is 12.8 Å². The van der Waals surface area contributed by atoms with Crippen LogP contribution in [-0.4, -0.2) is 16.0 Å². The van der Waals surface area contributed by atoms with Gasteiger partial charge in [-0.25, -0.2) is 9.97 Å². The average molecular weight is 292 g/mol. The maximum atomic E-state index is 4.53. The molecule has 17 heavy (non-hydrogen) atoms. The molecule has 1 aromatic heterocycles. The van der Waals surface area contributed by atoms with Gasteiger partial charge in [0.2, 0.25) is 5.95 Å². The molecule has 4 heteroatoms. The zero-order valence-electron chi connectivity index (χ0n) is 9.65. The third kappa shape index (κ3) is 2.14. The van der Waals surface area contributed by atoms with Crippen molar-refractivity contribution in [3.05, 3.63) is 28.9 Å². The lowest BCUT2D eigenvalue weighted by Gasteiger charge is -2.33. The summed E-state index contributed by atoms with van der Waals surface area (Å²) < 4.78 is 1.04. The Balaban J connectivity index is 1.86. The van der Waals surface area contributed by atoms with Crippen LogP contribution in [0.25, 0.3) is 10.9 Å². The Morgan fingerprint density at radius 1 is 1.35 bits per heavy atom. The lowest BCUT2D eigenvalue weighted by atomic mass is 9.82. The van der Waals surface area contributed by atoms with Gasteiger partial charge in [0.15, 0.2) is 0 Å². The Labute approximate surface area is 109 Å². The van der Waals surface area contributed by atoms with Gasteiger partial charge in [0.05, 0.1) is 5.52 Å². The Morgan fingerprint density at radius 3 is 2.94 bits per heavy atom. The molecule has 1 fully saturated rings. The van der Waals surface area contributed by atoms with Crippen molar-refractivity contribution in [2.45, 2.75) is 25.8 Å². The summed E-state index contributed by atoms with van der Waals surface area (Å²) in [6.07, 6.45) is 4.32. The van der Waals surface area contributed by atoms with E-state index in [4.69, 9.17) is 0 Å². The number of aromatic nitrogens is 2. The minimum absolute atomic E-state index is 0.551. The third-order valence-corrected chi connectivity index (χ3v) is 3.97. The maximum absolute atomic E-state index is 4.53. The zero-order chi connectivity index (χ0) is 11.8. The topological polar surface area (TPSA) is 37.8 Å². The molecule has 3 nitrogen and oxygen atoms in total. The van der Waals surface area contributed by atoms with E-state index in [9.17, 15) is 0 Å². The predicted molar refractivity (Wildman–Crippen MR) is 73.0 cm³/mol. The summed E-state index contributed by atoms with van der Waals surface area (Å²) in [5, 5.41) is 4.44. The van der Waals surface area contributed by atoms with Crippen molar-refractivity contribution in [2.75, 3.05) is 5.32 Å². The lowest BCUT2D eigenvalue weighted by molar-refractivity contribution is 0.308. The highest BCUT2D eigenvalue weighted by Crippen LogP contribution is 2.29. The summed E-state index contributed by atoms with van der Waals surface area (Å²) in [6, 6.07) is 6.56. The van der Waals surface area contributed by atoms with Crippen LogP contribution >= 0.6 is 15.9 Å². The van der Waals surface area contributed by atoms with Crippen LogP contribution in [0.3, 0.4) is 0 Å². The fourth-order valence-corrected chi connectivity index (χ4v) is 2.75. The van der Waals surface area contributed by atoms with Gasteiger partial charge in [0, 0.05) is 22.1 Å². The van der Waals surface area contributed by atoms with E-state index in [1.54, 1.807) is 0 Å². The van der Waals surface area contributed by atoms with E-state index < -0.39 is 0 Å². The van der Waals surface area contributed by atoms with Gasteiger partial charge in [0.25, 0.3) is 0 Å². The van der Waals surface area contributed by atoms with Crippen LogP contribution < -0.4 is 5.32 Å². The molecule has 1 aliphatic carbocycles. The van der Waals surface area contributed by atoms with Gasteiger partial charge in [-0.15, -0.1) is 0 Å². The van der Waals surface area contributed by atoms with E-state index in [0.717, 1.165) is 27.2 Å². The lowest BCUT2D eigenvalue weighted by Crippen LogP contribution is -2.34. The van der Waals surface area contributed by atoms with Crippen molar-refractivity contribution in [2.24, 2.45) is 5.92 Å². The largest absolute Gasteiger partial charge is 0.351 e. The molecule has 1 saturated carbocycles. The molecule has 0 amide bonds. The van der Waals surface area contributed by atoms with E-state index in [1.807, 2.05) is 24.4 Å². The SMILES string of the molecule is CC1CC(Nc2ncc3c(Br)cccc3n2)C1. The van der Waals surface area contributed by atoms with Gasteiger partial charge in [-0.05, 0) is 30.9 Å². The van der Waals surface area contributed by atoms with Crippen molar-refractivity contribution >= 4 is 32.8 Å². The summed E-state index contributed by atoms with van der Waals surface area (Å²) in [6.45, 7) is 2.27. The first-order chi connectivity index (χ1) is 8.22. The number of halogens is 1. The van der Waals surface area contributed by atoms with Crippen molar-refractivity contribution in [3.8, 4) is 0 Å². The predicted octanol–water partition coefficient (Wildman–Crippen LogP) is 3.60. The number of rotatable bonds is 2. The highest BCUT2D eigenvalue weighted by atomic mass is 79.9. The minimum atomic E-state index is 0.551. The molecule has 1 N–H and O–H groups in total. The number of hydrogen-bond donors (Lipinski definition) is 1. The number of fused-ring (bicyclic) bond motifs is 1. The van der Waals surface area contributed by atoms with Gasteiger partial charge in [-0.2, -0.15) is 0 Å². The highest BCUT2D eigenvalue weighted by Gasteiger charge is 2.25. The second-order valence-corrected chi connectivity index (χ2v) is 5.64. The summed E-state index contributed by atoms with van der Waals surface area (Å²) >= 11 is 3.50. The molecular formula is C13H14BrN3. The van der Waals surface area contributed by atoms with E-state index in [0.29, 0.717) is 6.04 Å². The molecule has 3 rings (SSSR count). The molecule has 0 atom stereocenters. The number of nitrogens with one attached hydrogen (secondary N) is 1. The minimum Gasteiger partial charge on any atom is -0.351 e. The number of hydrogen-bond acceptors (Lipinski definition) is 3. The van der Waals surface area contributed by atoms with Crippen molar-refractivity contribution in [1.29, 1.82) is 0 Å². The van der Waals surface area contributed by atoms with Crippen LogP contribution in [0.4, 0.5) is 5.95 Å². The highest BCUT2D eigenvalue weighted by molar-refractivity contribution is 9.10. The molecule has 0 radical (unpaired) electrons. The molecule has 1 aromatic carbocycles. The standard InChI is InChI=1S/C13H14BrN3/c1-8-5-9(6-8)16-13-15-7-10-11(14)3-2-4-12(10)17-13/h2-4,7-9H,5-6H2,1H3,(H,15,16,17). The van der Waals surface area contributed by atoms with Crippen LogP contribution in [0.2, 0.25) is 0 Å². The average Bonchev–Trinajstić information content (AvgIpc) is 2.27. The molecule has 0 spiro atoms. The van der Waals surface area contributed by atoms with E-state index in [-0.39, 0.29) is 0 Å². The van der Waals surface area contributed by atoms with E-state index >= 15 is 0 Å². The van der Waals surface area contributed by atoms with Gasteiger partial charge in [-0.3, -0.25) is 0 Å². The molecule has 0 bridgehead atoms. The van der Waals surface area contributed by atoms with Gasteiger partial charge in [-0.1, -0.05) is 28.9 Å². The van der Waals surface area contributed by atoms with Crippen LogP contribution in [-0.2, 0) is 0 Å². The van der Waals surface area contributed by atoms with Crippen molar-refractivity contribution < 1.29 is 0 Å². The van der Waals surface area contributed by atoms with Gasteiger partial charge < -0.3 is 5.32 Å². The first kappa shape index (κ1) is 11.0. The summed E-state index contributed by atoms with van der Waals surface area (Å²) in [5.74, 6) is 1.58. The normalized spacial score (nSPS) is 23.4. The second-order valence-electron chi connectivity index (χ2n) is 4.78. The van der Waals surface area contributed by atoms with E-state index in [2.05, 4.69) is 38.1 Å². The first-order valence-corrected chi connectivity index (χ1v) is 6.69. The third-order valence-electron chi connectivity index (χ3n) is 3.28. The quantitative estimate of drug-likeness (QED) is 0.919. The monoisotopic (exact) mass is 291 g/mol. The fraction of sp³-hybridized carbons (Fsp3) is 0.385. The Kier molecular flexibility index (Phi) is 2.74. The van der Waals surface area contributed by atoms with Crippen LogP contribution in [0.1, 0.15) is 19.8 Å². The Bertz CT molecular complexity index is 549.